The maximum absolute atomic E-state index is 12.9. The van der Waals surface area contributed by atoms with Gasteiger partial charge in [0.15, 0.2) is 0 Å². The van der Waals surface area contributed by atoms with Crippen molar-refractivity contribution in [2.45, 2.75) is 33.2 Å². The molecule has 0 spiro atoms. The fourth-order valence-electron chi connectivity index (χ4n) is 3.46. The summed E-state index contributed by atoms with van der Waals surface area (Å²) in [6.45, 7) is 6.60. The number of aromatic nitrogens is 2. The molecular formula is C19H25N3O3. The molecular weight excluding hydrogens is 318 g/mol. The fraction of sp³-hybridized carbons (Fsp3) is 0.526. The van der Waals surface area contributed by atoms with Crippen LogP contribution in [0.1, 0.15) is 35.8 Å². The Morgan fingerprint density at radius 1 is 1.32 bits per heavy atom. The van der Waals surface area contributed by atoms with Crippen molar-refractivity contribution in [3.05, 3.63) is 39.8 Å². The third-order valence-electron chi connectivity index (χ3n) is 4.94. The number of carbonyl (C=O) groups excluding carboxylic acids is 1. The number of pyridine rings is 2. The van der Waals surface area contributed by atoms with Crippen LogP contribution in [0.3, 0.4) is 0 Å². The van der Waals surface area contributed by atoms with Gasteiger partial charge in [-0.1, -0.05) is 0 Å². The van der Waals surface area contributed by atoms with Crippen molar-refractivity contribution in [1.29, 1.82) is 0 Å². The molecule has 0 unspecified atom stereocenters. The number of aryl methyl sites for hydroxylation is 2. The molecule has 3 heterocycles. The van der Waals surface area contributed by atoms with Gasteiger partial charge in [-0.05, 0) is 44.7 Å². The summed E-state index contributed by atoms with van der Waals surface area (Å²) in [5.74, 6) is 0.315. The van der Waals surface area contributed by atoms with Gasteiger partial charge in [-0.15, -0.1) is 0 Å². The summed E-state index contributed by atoms with van der Waals surface area (Å²) in [6, 6.07) is 3.59. The van der Waals surface area contributed by atoms with Crippen LogP contribution in [-0.4, -0.2) is 47.2 Å². The zero-order chi connectivity index (χ0) is 18.0. The van der Waals surface area contributed by atoms with Crippen molar-refractivity contribution in [2.24, 2.45) is 5.92 Å². The molecule has 2 aromatic rings. The zero-order valence-corrected chi connectivity index (χ0v) is 15.1. The molecule has 25 heavy (non-hydrogen) atoms. The Morgan fingerprint density at radius 2 is 2.04 bits per heavy atom. The summed E-state index contributed by atoms with van der Waals surface area (Å²) in [6.07, 6.45) is 3.49. The third kappa shape index (κ3) is 3.44. The van der Waals surface area contributed by atoms with E-state index in [0.717, 1.165) is 25.1 Å². The van der Waals surface area contributed by atoms with Gasteiger partial charge in [0.2, 0.25) is 5.43 Å². The van der Waals surface area contributed by atoms with Gasteiger partial charge in [-0.2, -0.15) is 0 Å². The molecule has 0 radical (unpaired) electrons. The second-order valence-corrected chi connectivity index (χ2v) is 6.67. The third-order valence-corrected chi connectivity index (χ3v) is 4.94. The second-order valence-electron chi connectivity index (χ2n) is 6.67. The summed E-state index contributed by atoms with van der Waals surface area (Å²) < 4.78 is 7.09. The van der Waals surface area contributed by atoms with Gasteiger partial charge >= 0.3 is 0 Å². The minimum atomic E-state index is -0.226. The lowest BCUT2D eigenvalue weighted by Crippen LogP contribution is -2.41. The van der Waals surface area contributed by atoms with E-state index in [1.165, 1.54) is 0 Å². The molecule has 6 heteroatoms. The van der Waals surface area contributed by atoms with Crippen LogP contribution in [-0.2, 0) is 11.3 Å². The van der Waals surface area contributed by atoms with E-state index in [2.05, 4.69) is 4.98 Å². The van der Waals surface area contributed by atoms with Crippen molar-refractivity contribution >= 4 is 16.9 Å². The number of fused-ring (bicyclic) bond motifs is 1. The molecule has 1 aliphatic rings. The maximum Gasteiger partial charge on any atom is 0.259 e. The highest BCUT2D eigenvalue weighted by Gasteiger charge is 2.26. The lowest BCUT2D eigenvalue weighted by atomic mass is 9.97. The largest absolute Gasteiger partial charge is 0.384 e. The first-order valence-electron chi connectivity index (χ1n) is 8.84. The van der Waals surface area contributed by atoms with Crippen molar-refractivity contribution in [2.75, 3.05) is 26.8 Å². The number of rotatable bonds is 4. The summed E-state index contributed by atoms with van der Waals surface area (Å²) in [4.78, 5) is 32.0. The maximum atomic E-state index is 12.9. The average Bonchev–Trinajstić information content (AvgIpc) is 2.62. The number of likely N-dealkylation sites (tertiary alicyclic amines) is 1. The Morgan fingerprint density at radius 3 is 2.68 bits per heavy atom. The van der Waals surface area contributed by atoms with Crippen LogP contribution in [0.4, 0.5) is 0 Å². The lowest BCUT2D eigenvalue weighted by Gasteiger charge is -2.31. The molecule has 0 aromatic carbocycles. The molecule has 1 aliphatic heterocycles. The SMILES string of the molecule is CCn1cc(C(=O)N2CCC(COC)CC2)c(=O)c2ccc(C)nc21. The van der Waals surface area contributed by atoms with Crippen LogP contribution in [0.2, 0.25) is 0 Å². The van der Waals surface area contributed by atoms with E-state index in [4.69, 9.17) is 4.74 Å². The number of hydrogen-bond acceptors (Lipinski definition) is 4. The van der Waals surface area contributed by atoms with Gasteiger partial charge in [0, 0.05) is 45.2 Å². The molecule has 1 saturated heterocycles. The predicted molar refractivity (Wildman–Crippen MR) is 96.9 cm³/mol. The molecule has 134 valence electrons. The molecule has 0 aliphatic carbocycles. The quantitative estimate of drug-likeness (QED) is 0.854. The van der Waals surface area contributed by atoms with E-state index in [1.807, 2.05) is 24.5 Å². The summed E-state index contributed by atoms with van der Waals surface area (Å²) in [5.41, 5.74) is 1.51. The van der Waals surface area contributed by atoms with Crippen LogP contribution in [0, 0.1) is 12.8 Å². The van der Waals surface area contributed by atoms with Crippen molar-refractivity contribution in [1.82, 2.24) is 14.5 Å². The van der Waals surface area contributed by atoms with Crippen LogP contribution >= 0.6 is 0 Å². The topological polar surface area (TPSA) is 64.4 Å². The van der Waals surface area contributed by atoms with E-state index in [9.17, 15) is 9.59 Å². The van der Waals surface area contributed by atoms with E-state index in [-0.39, 0.29) is 16.9 Å². The fourth-order valence-corrected chi connectivity index (χ4v) is 3.46. The first kappa shape index (κ1) is 17.6. The molecule has 2 aromatic heterocycles. The van der Waals surface area contributed by atoms with Crippen molar-refractivity contribution in [3.8, 4) is 0 Å². The first-order valence-corrected chi connectivity index (χ1v) is 8.84. The lowest BCUT2D eigenvalue weighted by molar-refractivity contribution is 0.0612. The number of hydrogen-bond donors (Lipinski definition) is 0. The molecule has 1 fully saturated rings. The number of nitrogens with zero attached hydrogens (tertiary/aromatic N) is 3. The average molecular weight is 343 g/mol. The Bertz CT molecular complexity index is 836. The standard InChI is InChI=1S/C19H25N3O3/c1-4-21-11-16(17(23)15-6-5-13(2)20-18(15)21)19(24)22-9-7-14(8-10-22)12-25-3/h5-6,11,14H,4,7-10,12H2,1-3H3. The van der Waals surface area contributed by atoms with Crippen LogP contribution in [0.15, 0.2) is 23.1 Å². The number of carbonyl (C=O) groups is 1. The predicted octanol–water partition coefficient (Wildman–Crippen LogP) is 2.22. The van der Waals surface area contributed by atoms with Gasteiger partial charge in [0.05, 0.1) is 5.39 Å². The van der Waals surface area contributed by atoms with Crippen molar-refractivity contribution < 1.29 is 9.53 Å². The van der Waals surface area contributed by atoms with Gasteiger partial charge < -0.3 is 14.2 Å². The number of amides is 1. The zero-order valence-electron chi connectivity index (χ0n) is 15.1. The Labute approximate surface area is 147 Å². The Balaban J connectivity index is 1.93. The van der Waals surface area contributed by atoms with E-state index >= 15 is 0 Å². The van der Waals surface area contributed by atoms with Crippen LogP contribution in [0.5, 0.6) is 0 Å². The van der Waals surface area contributed by atoms with Crippen molar-refractivity contribution in [3.63, 3.8) is 0 Å². The summed E-state index contributed by atoms with van der Waals surface area (Å²) in [5, 5.41) is 0.507. The highest BCUT2D eigenvalue weighted by atomic mass is 16.5. The number of piperidine rings is 1. The molecule has 0 bridgehead atoms. The Kier molecular flexibility index (Phi) is 5.18. The number of ether oxygens (including phenoxy) is 1. The van der Waals surface area contributed by atoms with Gasteiger partial charge in [0.25, 0.3) is 5.91 Å². The van der Waals surface area contributed by atoms with E-state index in [0.29, 0.717) is 36.6 Å². The highest BCUT2D eigenvalue weighted by Crippen LogP contribution is 2.19. The highest BCUT2D eigenvalue weighted by molar-refractivity contribution is 5.97. The summed E-state index contributed by atoms with van der Waals surface area (Å²) >= 11 is 0. The monoisotopic (exact) mass is 343 g/mol. The smallest absolute Gasteiger partial charge is 0.259 e. The van der Waals surface area contributed by atoms with E-state index < -0.39 is 0 Å². The molecule has 0 saturated carbocycles. The van der Waals surface area contributed by atoms with Gasteiger partial charge in [-0.3, -0.25) is 9.59 Å². The van der Waals surface area contributed by atoms with Gasteiger partial charge in [0.1, 0.15) is 11.2 Å². The molecule has 6 nitrogen and oxygen atoms in total. The normalized spacial score (nSPS) is 15.7. The minimum Gasteiger partial charge on any atom is -0.384 e. The van der Waals surface area contributed by atoms with Gasteiger partial charge in [-0.25, -0.2) is 4.98 Å². The van der Waals surface area contributed by atoms with Crippen LogP contribution in [0.25, 0.3) is 11.0 Å². The molecule has 1 amide bonds. The minimum absolute atomic E-state index is 0.175. The molecule has 0 N–H and O–H groups in total. The first-order chi connectivity index (χ1) is 12.0. The number of methoxy groups -OCH3 is 1. The summed E-state index contributed by atoms with van der Waals surface area (Å²) in [7, 11) is 1.70. The second kappa shape index (κ2) is 7.35. The Hall–Kier alpha value is -2.21. The van der Waals surface area contributed by atoms with E-state index in [1.54, 1.807) is 24.3 Å². The molecule has 3 rings (SSSR count). The van der Waals surface area contributed by atoms with Crippen LogP contribution < -0.4 is 5.43 Å². The molecule has 0 atom stereocenters.